The Hall–Kier alpha value is -2.66. The molecular formula is C23H25NO3S. The van der Waals surface area contributed by atoms with Crippen LogP contribution < -0.4 is 5.32 Å². The Morgan fingerprint density at radius 3 is 2.50 bits per heavy atom. The van der Waals surface area contributed by atoms with Crippen LogP contribution in [0, 0.1) is 0 Å². The van der Waals surface area contributed by atoms with Gasteiger partial charge < -0.3 is 10.1 Å². The summed E-state index contributed by atoms with van der Waals surface area (Å²) in [5.74, 6) is 0.153. The highest BCUT2D eigenvalue weighted by molar-refractivity contribution is 7.19. The molecule has 28 heavy (non-hydrogen) atoms. The van der Waals surface area contributed by atoms with Gasteiger partial charge in [0.15, 0.2) is 0 Å². The van der Waals surface area contributed by atoms with Crippen molar-refractivity contribution in [1.82, 2.24) is 0 Å². The average molecular weight is 396 g/mol. The molecule has 1 amide bonds. The van der Waals surface area contributed by atoms with E-state index in [1.807, 2.05) is 49.4 Å². The molecule has 2 aromatic carbocycles. The number of nitrogens with one attached hydrogen (secondary N) is 1. The van der Waals surface area contributed by atoms with Gasteiger partial charge in [-0.3, -0.25) is 9.59 Å². The van der Waals surface area contributed by atoms with Crippen LogP contribution in [0.15, 0.2) is 48.5 Å². The van der Waals surface area contributed by atoms with Crippen molar-refractivity contribution in [2.24, 2.45) is 0 Å². The molecule has 0 atom stereocenters. The molecule has 0 saturated carbocycles. The third kappa shape index (κ3) is 4.98. The highest BCUT2D eigenvalue weighted by atomic mass is 32.1. The van der Waals surface area contributed by atoms with Gasteiger partial charge >= 0.3 is 5.97 Å². The number of thiophene rings is 1. The van der Waals surface area contributed by atoms with Crippen LogP contribution in [0.5, 0.6) is 0 Å². The highest BCUT2D eigenvalue weighted by Crippen LogP contribution is 2.29. The van der Waals surface area contributed by atoms with E-state index < -0.39 is 0 Å². The summed E-state index contributed by atoms with van der Waals surface area (Å²) in [7, 11) is 0. The van der Waals surface area contributed by atoms with Crippen molar-refractivity contribution in [3.05, 3.63) is 64.5 Å². The number of ether oxygens (including phenoxy) is 1. The number of fused-ring (bicyclic) bond motifs is 1. The lowest BCUT2D eigenvalue weighted by molar-refractivity contribution is -0.143. The fraction of sp³-hybridized carbons (Fsp3) is 0.304. The lowest BCUT2D eigenvalue weighted by Crippen LogP contribution is -2.11. The van der Waals surface area contributed by atoms with E-state index in [0.717, 1.165) is 20.7 Å². The zero-order chi connectivity index (χ0) is 20.1. The lowest BCUT2D eigenvalue weighted by atomic mass is 10.0. The van der Waals surface area contributed by atoms with Gasteiger partial charge in [0.2, 0.25) is 0 Å². The quantitative estimate of drug-likeness (QED) is 0.517. The molecule has 0 unspecified atom stereocenters. The molecule has 0 spiro atoms. The predicted octanol–water partition coefficient (Wildman–Crippen LogP) is 5.77. The predicted molar refractivity (Wildman–Crippen MR) is 115 cm³/mol. The van der Waals surface area contributed by atoms with Crippen LogP contribution in [-0.2, 0) is 16.0 Å². The van der Waals surface area contributed by atoms with E-state index in [-0.39, 0.29) is 11.9 Å². The van der Waals surface area contributed by atoms with Gasteiger partial charge in [-0.05, 0) is 66.6 Å². The number of anilines is 1. The third-order valence-electron chi connectivity index (χ3n) is 4.55. The summed E-state index contributed by atoms with van der Waals surface area (Å²) in [5, 5.41) is 4.03. The summed E-state index contributed by atoms with van der Waals surface area (Å²) in [6.45, 7) is 6.48. The molecule has 5 heteroatoms. The molecule has 0 saturated heterocycles. The summed E-state index contributed by atoms with van der Waals surface area (Å²) >= 11 is 1.67. The van der Waals surface area contributed by atoms with Crippen LogP contribution in [0.3, 0.4) is 0 Å². The van der Waals surface area contributed by atoms with Gasteiger partial charge in [-0.15, -0.1) is 11.3 Å². The second-order valence-corrected chi connectivity index (χ2v) is 8.17. The van der Waals surface area contributed by atoms with E-state index in [0.29, 0.717) is 30.9 Å². The molecule has 0 aliphatic carbocycles. The van der Waals surface area contributed by atoms with Gasteiger partial charge in [0, 0.05) is 20.8 Å². The van der Waals surface area contributed by atoms with E-state index in [9.17, 15) is 9.59 Å². The summed E-state index contributed by atoms with van der Waals surface area (Å²) in [5.41, 5.74) is 2.62. The van der Waals surface area contributed by atoms with Crippen LogP contribution in [0.4, 0.5) is 5.69 Å². The molecule has 1 N–H and O–H groups in total. The summed E-state index contributed by atoms with van der Waals surface area (Å²) in [6.07, 6.45) is 1.05. The van der Waals surface area contributed by atoms with E-state index in [1.165, 1.54) is 5.56 Å². The summed E-state index contributed by atoms with van der Waals surface area (Å²) < 4.78 is 6.12. The number of hydrogen-bond acceptors (Lipinski definition) is 4. The van der Waals surface area contributed by atoms with Crippen molar-refractivity contribution >= 4 is 39.0 Å². The minimum atomic E-state index is -0.170. The number of aryl methyl sites for hydroxylation is 1. The Kier molecular flexibility index (Phi) is 6.47. The monoisotopic (exact) mass is 395 g/mol. The van der Waals surface area contributed by atoms with Crippen molar-refractivity contribution in [3.63, 3.8) is 0 Å². The van der Waals surface area contributed by atoms with E-state index >= 15 is 0 Å². The number of benzene rings is 2. The summed E-state index contributed by atoms with van der Waals surface area (Å²) in [6, 6.07) is 15.7. The Labute approximate surface area is 169 Å². The standard InChI is InChI=1S/C23H25NO3S/c1-4-27-22(25)12-10-20-14-18-13-19(9-11-21(18)28-20)24-23(26)17-7-5-16(6-8-17)15(2)3/h5-9,11,13-15H,4,10,12H2,1-3H3,(H,24,26). The molecule has 3 aromatic rings. The van der Waals surface area contributed by atoms with Crippen molar-refractivity contribution in [3.8, 4) is 0 Å². The van der Waals surface area contributed by atoms with Crippen molar-refractivity contribution in [2.75, 3.05) is 11.9 Å². The van der Waals surface area contributed by atoms with Gasteiger partial charge in [0.1, 0.15) is 0 Å². The molecule has 3 rings (SSSR count). The number of carbonyl (C=O) groups is 2. The van der Waals surface area contributed by atoms with E-state index in [4.69, 9.17) is 4.74 Å². The van der Waals surface area contributed by atoms with E-state index in [1.54, 1.807) is 11.3 Å². The molecule has 146 valence electrons. The van der Waals surface area contributed by atoms with Gasteiger partial charge in [-0.2, -0.15) is 0 Å². The minimum absolute atomic E-state index is 0.118. The zero-order valence-corrected chi connectivity index (χ0v) is 17.3. The largest absolute Gasteiger partial charge is 0.466 e. The molecule has 0 aliphatic rings. The van der Waals surface area contributed by atoms with Gasteiger partial charge in [-0.1, -0.05) is 26.0 Å². The van der Waals surface area contributed by atoms with Crippen molar-refractivity contribution < 1.29 is 14.3 Å². The Bertz CT molecular complexity index is 973. The van der Waals surface area contributed by atoms with Crippen molar-refractivity contribution in [1.29, 1.82) is 0 Å². The molecule has 0 bridgehead atoms. The maximum Gasteiger partial charge on any atom is 0.306 e. The van der Waals surface area contributed by atoms with E-state index in [2.05, 4.69) is 25.2 Å². The fourth-order valence-electron chi connectivity index (χ4n) is 2.98. The minimum Gasteiger partial charge on any atom is -0.466 e. The van der Waals surface area contributed by atoms with Crippen LogP contribution in [0.1, 0.15) is 53.9 Å². The number of carbonyl (C=O) groups excluding carboxylic acids is 2. The second kappa shape index (κ2) is 9.02. The van der Waals surface area contributed by atoms with Crippen LogP contribution in [-0.4, -0.2) is 18.5 Å². The SMILES string of the molecule is CCOC(=O)CCc1cc2cc(NC(=O)c3ccc(C(C)C)cc3)ccc2s1. The molecular weight excluding hydrogens is 370 g/mol. The topological polar surface area (TPSA) is 55.4 Å². The Morgan fingerprint density at radius 2 is 1.82 bits per heavy atom. The first-order valence-electron chi connectivity index (χ1n) is 9.55. The highest BCUT2D eigenvalue weighted by Gasteiger charge is 2.10. The molecule has 0 radical (unpaired) electrons. The van der Waals surface area contributed by atoms with Crippen LogP contribution in [0.2, 0.25) is 0 Å². The van der Waals surface area contributed by atoms with Gasteiger partial charge in [0.25, 0.3) is 5.91 Å². The maximum atomic E-state index is 12.5. The first-order valence-corrected chi connectivity index (χ1v) is 10.4. The zero-order valence-electron chi connectivity index (χ0n) is 16.5. The lowest BCUT2D eigenvalue weighted by Gasteiger charge is -2.08. The smallest absolute Gasteiger partial charge is 0.306 e. The maximum absolute atomic E-state index is 12.5. The Balaban J connectivity index is 1.68. The molecule has 4 nitrogen and oxygen atoms in total. The number of hydrogen-bond donors (Lipinski definition) is 1. The average Bonchev–Trinajstić information content (AvgIpc) is 3.09. The van der Waals surface area contributed by atoms with Gasteiger partial charge in [-0.25, -0.2) is 0 Å². The molecule has 1 aromatic heterocycles. The second-order valence-electron chi connectivity index (χ2n) is 7.00. The molecule has 0 fully saturated rings. The van der Waals surface area contributed by atoms with Gasteiger partial charge in [0.05, 0.1) is 13.0 Å². The normalized spacial score (nSPS) is 11.0. The molecule has 1 heterocycles. The first-order chi connectivity index (χ1) is 13.5. The Morgan fingerprint density at radius 1 is 1.07 bits per heavy atom. The molecule has 0 aliphatic heterocycles. The third-order valence-corrected chi connectivity index (χ3v) is 5.72. The summed E-state index contributed by atoms with van der Waals surface area (Å²) in [4.78, 5) is 25.2. The fourth-order valence-corrected chi connectivity index (χ4v) is 4.02. The number of amides is 1. The van der Waals surface area contributed by atoms with Crippen LogP contribution in [0.25, 0.3) is 10.1 Å². The number of rotatable bonds is 7. The van der Waals surface area contributed by atoms with Crippen LogP contribution >= 0.6 is 11.3 Å². The van der Waals surface area contributed by atoms with Crippen molar-refractivity contribution in [2.45, 2.75) is 39.5 Å². The first kappa shape index (κ1) is 20.1. The number of esters is 1.